The lowest BCUT2D eigenvalue weighted by Crippen LogP contribution is -2.07. The van der Waals surface area contributed by atoms with Crippen molar-refractivity contribution < 1.29 is 0 Å². The summed E-state index contributed by atoms with van der Waals surface area (Å²) in [6.45, 7) is 15.1. The van der Waals surface area contributed by atoms with Crippen LogP contribution in [0.5, 0.6) is 0 Å². The van der Waals surface area contributed by atoms with E-state index in [9.17, 15) is 0 Å². The van der Waals surface area contributed by atoms with Crippen molar-refractivity contribution in [3.8, 4) is 0 Å². The van der Waals surface area contributed by atoms with Gasteiger partial charge in [0.1, 0.15) is 0 Å². The minimum atomic E-state index is 0.442. The maximum Gasteiger partial charge on any atom is 0.159 e. The highest BCUT2D eigenvalue weighted by Crippen LogP contribution is 2.26. The van der Waals surface area contributed by atoms with Gasteiger partial charge in [0.2, 0.25) is 0 Å². The molecule has 0 fully saturated rings. The second-order valence-electron chi connectivity index (χ2n) is 5.72. The van der Waals surface area contributed by atoms with E-state index in [1.807, 2.05) is 0 Å². The Morgan fingerprint density at radius 1 is 0.778 bits per heavy atom. The average Bonchev–Trinajstić information content (AvgIpc) is 2.62. The maximum atomic E-state index is 4.77. The highest BCUT2D eigenvalue weighted by molar-refractivity contribution is 5.50. The molecule has 2 rings (SSSR count). The Balaban J connectivity index is 2.87. The summed E-state index contributed by atoms with van der Waals surface area (Å²) in [7, 11) is 0. The minimum absolute atomic E-state index is 0.442. The Labute approximate surface area is 109 Å². The number of rotatable bonds is 2. The Hall–Kier alpha value is -1.38. The van der Waals surface area contributed by atoms with Crippen LogP contribution >= 0.6 is 0 Å². The minimum Gasteiger partial charge on any atom is -0.298 e. The molecule has 3 nitrogen and oxygen atoms in total. The van der Waals surface area contributed by atoms with Gasteiger partial charge in [-0.3, -0.25) is 9.38 Å². The fourth-order valence-electron chi connectivity index (χ4n) is 2.69. The Morgan fingerprint density at radius 3 is 1.67 bits per heavy atom. The molecule has 0 aliphatic rings. The number of fused-ring (bicyclic) bond motifs is 1. The first-order valence-electron chi connectivity index (χ1n) is 6.70. The van der Waals surface area contributed by atoms with E-state index in [-0.39, 0.29) is 0 Å². The number of hydrogen-bond acceptors (Lipinski definition) is 2. The molecule has 18 heavy (non-hydrogen) atoms. The van der Waals surface area contributed by atoms with Crippen molar-refractivity contribution in [3.05, 3.63) is 28.5 Å². The van der Waals surface area contributed by atoms with Gasteiger partial charge in [-0.2, -0.15) is 0 Å². The standard InChI is InChI=1S/C15H23N3/c1-8(2)13-11(6)18-12(7)14(9(3)4)17-15(18)10(5)16-13/h8-9H,1-7H3. The van der Waals surface area contributed by atoms with Gasteiger partial charge in [0.15, 0.2) is 5.65 Å². The zero-order chi connectivity index (χ0) is 13.6. The molecule has 0 bridgehead atoms. The molecule has 0 saturated heterocycles. The van der Waals surface area contributed by atoms with Crippen LogP contribution in [0.1, 0.15) is 68.0 Å². The topological polar surface area (TPSA) is 30.2 Å². The molecule has 0 saturated carbocycles. The average molecular weight is 245 g/mol. The lowest BCUT2D eigenvalue weighted by molar-refractivity contribution is 0.775. The van der Waals surface area contributed by atoms with Crippen molar-refractivity contribution in [1.82, 2.24) is 14.4 Å². The number of aryl methyl sites for hydroxylation is 3. The van der Waals surface area contributed by atoms with Crippen LogP contribution in [0.3, 0.4) is 0 Å². The van der Waals surface area contributed by atoms with Crippen LogP contribution in [0.4, 0.5) is 0 Å². The molecule has 0 atom stereocenters. The third kappa shape index (κ3) is 1.82. The zero-order valence-corrected chi connectivity index (χ0v) is 12.5. The third-order valence-electron chi connectivity index (χ3n) is 3.56. The molecule has 0 N–H and O–H groups in total. The summed E-state index contributed by atoms with van der Waals surface area (Å²) in [5.74, 6) is 0.892. The summed E-state index contributed by atoms with van der Waals surface area (Å²) in [5, 5.41) is 0. The van der Waals surface area contributed by atoms with Crippen molar-refractivity contribution >= 4 is 5.65 Å². The summed E-state index contributed by atoms with van der Waals surface area (Å²) >= 11 is 0. The van der Waals surface area contributed by atoms with Crippen LogP contribution in [0, 0.1) is 20.8 Å². The Bertz CT molecular complexity index is 592. The fourth-order valence-corrected chi connectivity index (χ4v) is 2.69. The van der Waals surface area contributed by atoms with E-state index >= 15 is 0 Å². The molecule has 0 aliphatic carbocycles. The second-order valence-corrected chi connectivity index (χ2v) is 5.72. The predicted octanol–water partition coefficient (Wildman–Crippen LogP) is 3.90. The molecular formula is C15H23N3. The molecule has 0 spiro atoms. The van der Waals surface area contributed by atoms with Gasteiger partial charge in [0, 0.05) is 11.4 Å². The van der Waals surface area contributed by atoms with Crippen LogP contribution in [0.25, 0.3) is 5.65 Å². The molecule has 0 aromatic carbocycles. The summed E-state index contributed by atoms with van der Waals surface area (Å²) < 4.78 is 2.27. The summed E-state index contributed by atoms with van der Waals surface area (Å²) in [5.41, 5.74) is 6.88. The van der Waals surface area contributed by atoms with Crippen molar-refractivity contribution in [2.24, 2.45) is 0 Å². The second kappa shape index (κ2) is 4.38. The lowest BCUT2D eigenvalue weighted by atomic mass is 10.1. The molecule has 2 aromatic rings. The number of imidazole rings is 1. The fraction of sp³-hybridized carbons (Fsp3) is 0.600. The first kappa shape index (κ1) is 13.1. The van der Waals surface area contributed by atoms with Gasteiger partial charge >= 0.3 is 0 Å². The third-order valence-corrected chi connectivity index (χ3v) is 3.56. The van der Waals surface area contributed by atoms with E-state index < -0.39 is 0 Å². The van der Waals surface area contributed by atoms with Crippen molar-refractivity contribution in [1.29, 1.82) is 0 Å². The molecule has 2 heterocycles. The smallest absolute Gasteiger partial charge is 0.159 e. The highest BCUT2D eigenvalue weighted by Gasteiger charge is 2.18. The van der Waals surface area contributed by atoms with Gasteiger partial charge in [-0.25, -0.2) is 4.98 Å². The first-order valence-corrected chi connectivity index (χ1v) is 6.70. The molecule has 0 amide bonds. The summed E-state index contributed by atoms with van der Waals surface area (Å²) in [4.78, 5) is 9.50. The van der Waals surface area contributed by atoms with Gasteiger partial charge in [0.25, 0.3) is 0 Å². The molecule has 98 valence electrons. The van der Waals surface area contributed by atoms with Gasteiger partial charge < -0.3 is 0 Å². The van der Waals surface area contributed by atoms with Crippen LogP contribution in [0.2, 0.25) is 0 Å². The SMILES string of the molecule is Cc1nc(C(C)C)c(C)n2c(C)c(C(C)C)nc12. The quantitative estimate of drug-likeness (QED) is 0.803. The number of nitrogens with zero attached hydrogens (tertiary/aromatic N) is 3. The highest BCUT2D eigenvalue weighted by atomic mass is 15.1. The van der Waals surface area contributed by atoms with E-state index in [2.05, 4.69) is 52.9 Å². The van der Waals surface area contributed by atoms with Crippen LogP contribution < -0.4 is 0 Å². The molecule has 0 unspecified atom stereocenters. The van der Waals surface area contributed by atoms with Gasteiger partial charge in [0.05, 0.1) is 17.1 Å². The lowest BCUT2D eigenvalue weighted by Gasteiger charge is -2.13. The first-order chi connectivity index (χ1) is 8.34. The molecule has 0 radical (unpaired) electrons. The largest absolute Gasteiger partial charge is 0.298 e. The molecule has 0 aliphatic heterocycles. The normalized spacial score (nSPS) is 12.1. The number of aromatic nitrogens is 3. The zero-order valence-electron chi connectivity index (χ0n) is 12.5. The summed E-state index contributed by atoms with van der Waals surface area (Å²) in [6, 6.07) is 0. The van der Waals surface area contributed by atoms with Gasteiger partial charge in [-0.05, 0) is 32.6 Å². The van der Waals surface area contributed by atoms with E-state index in [0.29, 0.717) is 11.8 Å². The Morgan fingerprint density at radius 2 is 1.22 bits per heavy atom. The van der Waals surface area contributed by atoms with Gasteiger partial charge in [-0.15, -0.1) is 0 Å². The van der Waals surface area contributed by atoms with E-state index in [1.54, 1.807) is 0 Å². The van der Waals surface area contributed by atoms with Crippen LogP contribution in [-0.2, 0) is 0 Å². The van der Waals surface area contributed by atoms with E-state index in [0.717, 1.165) is 11.3 Å². The summed E-state index contributed by atoms with van der Waals surface area (Å²) in [6.07, 6.45) is 0. The van der Waals surface area contributed by atoms with Crippen LogP contribution in [0.15, 0.2) is 0 Å². The predicted molar refractivity (Wildman–Crippen MR) is 75.4 cm³/mol. The van der Waals surface area contributed by atoms with E-state index in [1.165, 1.54) is 22.8 Å². The molecular weight excluding hydrogens is 222 g/mol. The molecule has 3 heteroatoms. The van der Waals surface area contributed by atoms with Crippen LogP contribution in [-0.4, -0.2) is 14.4 Å². The van der Waals surface area contributed by atoms with Crippen molar-refractivity contribution in [2.75, 3.05) is 0 Å². The van der Waals surface area contributed by atoms with Crippen molar-refractivity contribution in [3.63, 3.8) is 0 Å². The van der Waals surface area contributed by atoms with Gasteiger partial charge in [-0.1, -0.05) is 27.7 Å². The maximum absolute atomic E-state index is 4.77. The van der Waals surface area contributed by atoms with E-state index in [4.69, 9.17) is 9.97 Å². The monoisotopic (exact) mass is 245 g/mol. The number of hydrogen-bond donors (Lipinski definition) is 0. The Kier molecular flexibility index (Phi) is 3.18. The molecule has 2 aromatic heterocycles. The van der Waals surface area contributed by atoms with Crippen molar-refractivity contribution in [2.45, 2.75) is 60.3 Å².